The van der Waals surface area contributed by atoms with E-state index in [-0.39, 0.29) is 5.91 Å². The fraction of sp³-hybridized carbons (Fsp3) is 0.381. The number of likely N-dealkylation sites (N-methyl/N-ethyl adjacent to an activating group) is 2. The van der Waals surface area contributed by atoms with Crippen molar-refractivity contribution in [3.8, 4) is 5.75 Å². The van der Waals surface area contributed by atoms with Crippen molar-refractivity contribution < 1.29 is 9.53 Å². The highest BCUT2D eigenvalue weighted by Gasteiger charge is 2.13. The fourth-order valence-electron chi connectivity index (χ4n) is 2.59. The molecule has 2 rings (SSSR count). The molecule has 0 bridgehead atoms. The summed E-state index contributed by atoms with van der Waals surface area (Å²) in [5, 5.41) is 0. The summed E-state index contributed by atoms with van der Waals surface area (Å²) >= 11 is 0. The van der Waals surface area contributed by atoms with Gasteiger partial charge in [-0.2, -0.15) is 0 Å². The standard InChI is InChI=1S/C21H28N2O2/c1-17-8-7-11-20(14-17)25-13-12-22(3)16-21(24)23(4)15-19-10-6-5-9-18(19)2/h5-11,14H,12-13,15-16H2,1-4H3. The molecule has 134 valence electrons. The first-order valence-corrected chi connectivity index (χ1v) is 8.62. The zero-order valence-electron chi connectivity index (χ0n) is 15.7. The minimum absolute atomic E-state index is 0.112. The highest BCUT2D eigenvalue weighted by atomic mass is 16.5. The lowest BCUT2D eigenvalue weighted by Gasteiger charge is -2.22. The molecular weight excluding hydrogens is 312 g/mol. The Balaban J connectivity index is 1.74. The highest BCUT2D eigenvalue weighted by Crippen LogP contribution is 2.12. The van der Waals surface area contributed by atoms with E-state index < -0.39 is 0 Å². The summed E-state index contributed by atoms with van der Waals surface area (Å²) in [6.07, 6.45) is 0. The number of carbonyl (C=O) groups is 1. The molecule has 1 amide bonds. The van der Waals surface area contributed by atoms with Crippen LogP contribution in [0.1, 0.15) is 16.7 Å². The molecule has 0 N–H and O–H groups in total. The third kappa shape index (κ3) is 6.24. The Morgan fingerprint density at radius 3 is 2.52 bits per heavy atom. The van der Waals surface area contributed by atoms with Gasteiger partial charge in [0.2, 0.25) is 5.91 Å². The average Bonchev–Trinajstić information content (AvgIpc) is 2.57. The van der Waals surface area contributed by atoms with Gasteiger partial charge in [0.05, 0.1) is 6.54 Å². The maximum absolute atomic E-state index is 12.4. The largest absolute Gasteiger partial charge is 0.492 e. The van der Waals surface area contributed by atoms with Crippen molar-refractivity contribution in [2.24, 2.45) is 0 Å². The van der Waals surface area contributed by atoms with Gasteiger partial charge in [-0.15, -0.1) is 0 Å². The van der Waals surface area contributed by atoms with Crippen LogP contribution in [0.5, 0.6) is 5.75 Å². The average molecular weight is 340 g/mol. The van der Waals surface area contributed by atoms with E-state index in [9.17, 15) is 4.79 Å². The maximum atomic E-state index is 12.4. The molecule has 0 heterocycles. The second-order valence-electron chi connectivity index (χ2n) is 6.58. The topological polar surface area (TPSA) is 32.8 Å². The molecule has 0 fully saturated rings. The molecule has 2 aromatic rings. The molecule has 25 heavy (non-hydrogen) atoms. The first kappa shape index (κ1) is 19.0. The van der Waals surface area contributed by atoms with Crippen molar-refractivity contribution in [2.75, 3.05) is 33.8 Å². The summed E-state index contributed by atoms with van der Waals surface area (Å²) in [7, 11) is 3.80. The van der Waals surface area contributed by atoms with E-state index >= 15 is 0 Å². The molecular formula is C21H28N2O2. The van der Waals surface area contributed by atoms with Crippen LogP contribution in [0.4, 0.5) is 0 Å². The van der Waals surface area contributed by atoms with Crippen molar-refractivity contribution in [2.45, 2.75) is 20.4 Å². The van der Waals surface area contributed by atoms with Crippen LogP contribution in [-0.4, -0.2) is 49.5 Å². The highest BCUT2D eigenvalue weighted by molar-refractivity contribution is 5.78. The number of aryl methyl sites for hydroxylation is 2. The number of amides is 1. The van der Waals surface area contributed by atoms with Crippen LogP contribution in [0.25, 0.3) is 0 Å². The molecule has 4 nitrogen and oxygen atoms in total. The molecule has 0 aromatic heterocycles. The molecule has 0 saturated heterocycles. The summed E-state index contributed by atoms with van der Waals surface area (Å²) in [6, 6.07) is 16.2. The van der Waals surface area contributed by atoms with E-state index in [0.717, 1.165) is 5.75 Å². The van der Waals surface area contributed by atoms with Gasteiger partial charge in [0, 0.05) is 20.1 Å². The number of hydrogen-bond donors (Lipinski definition) is 0. The molecule has 4 heteroatoms. The number of hydrogen-bond acceptors (Lipinski definition) is 3. The second-order valence-corrected chi connectivity index (χ2v) is 6.58. The van der Waals surface area contributed by atoms with Crippen molar-refractivity contribution in [3.63, 3.8) is 0 Å². The van der Waals surface area contributed by atoms with Gasteiger partial charge in [0.25, 0.3) is 0 Å². The molecule has 2 aromatic carbocycles. The molecule has 0 spiro atoms. The van der Waals surface area contributed by atoms with E-state index in [0.29, 0.717) is 26.2 Å². The quantitative estimate of drug-likeness (QED) is 0.739. The summed E-state index contributed by atoms with van der Waals surface area (Å²) in [5.74, 6) is 0.984. The Morgan fingerprint density at radius 1 is 1.04 bits per heavy atom. The van der Waals surface area contributed by atoms with Gasteiger partial charge in [0.15, 0.2) is 0 Å². The lowest BCUT2D eigenvalue weighted by molar-refractivity contribution is -0.131. The summed E-state index contributed by atoms with van der Waals surface area (Å²) in [6.45, 7) is 6.41. The van der Waals surface area contributed by atoms with Crippen molar-refractivity contribution >= 4 is 5.91 Å². The van der Waals surface area contributed by atoms with Gasteiger partial charge in [-0.25, -0.2) is 0 Å². The smallest absolute Gasteiger partial charge is 0.236 e. The van der Waals surface area contributed by atoms with E-state index in [4.69, 9.17) is 4.74 Å². The number of benzene rings is 2. The third-order valence-electron chi connectivity index (χ3n) is 4.23. The monoisotopic (exact) mass is 340 g/mol. The maximum Gasteiger partial charge on any atom is 0.236 e. The fourth-order valence-corrected chi connectivity index (χ4v) is 2.59. The molecule has 0 radical (unpaired) electrons. The molecule has 0 saturated carbocycles. The molecule has 0 atom stereocenters. The number of nitrogens with zero attached hydrogens (tertiary/aromatic N) is 2. The molecule has 0 aliphatic carbocycles. The van der Waals surface area contributed by atoms with Gasteiger partial charge >= 0.3 is 0 Å². The summed E-state index contributed by atoms with van der Waals surface area (Å²) in [4.78, 5) is 16.2. The normalized spacial score (nSPS) is 10.8. The van der Waals surface area contributed by atoms with Gasteiger partial charge in [-0.05, 0) is 49.7 Å². The minimum atomic E-state index is 0.112. The van der Waals surface area contributed by atoms with Crippen molar-refractivity contribution in [1.82, 2.24) is 9.80 Å². The predicted octanol–water partition coefficient (Wildman–Crippen LogP) is 3.27. The minimum Gasteiger partial charge on any atom is -0.492 e. The molecule has 0 aliphatic rings. The third-order valence-corrected chi connectivity index (χ3v) is 4.23. The van der Waals surface area contributed by atoms with Gasteiger partial charge in [-0.3, -0.25) is 9.69 Å². The molecule has 0 unspecified atom stereocenters. The van der Waals surface area contributed by atoms with Crippen LogP contribution in [0, 0.1) is 13.8 Å². The zero-order valence-corrected chi connectivity index (χ0v) is 15.7. The predicted molar refractivity (Wildman–Crippen MR) is 102 cm³/mol. The lowest BCUT2D eigenvalue weighted by Crippen LogP contribution is -2.37. The van der Waals surface area contributed by atoms with Crippen molar-refractivity contribution in [1.29, 1.82) is 0 Å². The summed E-state index contributed by atoms with van der Waals surface area (Å²) in [5.41, 5.74) is 3.57. The van der Waals surface area contributed by atoms with E-state index in [2.05, 4.69) is 19.1 Å². The molecule has 0 aliphatic heterocycles. The van der Waals surface area contributed by atoms with Crippen LogP contribution < -0.4 is 4.74 Å². The van der Waals surface area contributed by atoms with Crippen LogP contribution in [-0.2, 0) is 11.3 Å². The number of rotatable bonds is 8. The van der Waals surface area contributed by atoms with Crippen molar-refractivity contribution in [3.05, 3.63) is 65.2 Å². The second kappa shape index (κ2) is 9.23. The van der Waals surface area contributed by atoms with Crippen LogP contribution >= 0.6 is 0 Å². The van der Waals surface area contributed by atoms with E-state index in [1.807, 2.05) is 62.3 Å². The van der Waals surface area contributed by atoms with E-state index in [1.165, 1.54) is 16.7 Å². The summed E-state index contributed by atoms with van der Waals surface area (Å²) < 4.78 is 5.74. The zero-order chi connectivity index (χ0) is 18.2. The Morgan fingerprint density at radius 2 is 1.80 bits per heavy atom. The number of carbonyl (C=O) groups excluding carboxylic acids is 1. The van der Waals surface area contributed by atoms with Gasteiger partial charge in [-0.1, -0.05) is 36.4 Å². The van der Waals surface area contributed by atoms with Gasteiger partial charge < -0.3 is 9.64 Å². The van der Waals surface area contributed by atoms with Gasteiger partial charge in [0.1, 0.15) is 12.4 Å². The first-order valence-electron chi connectivity index (χ1n) is 8.62. The Bertz CT molecular complexity index is 700. The van der Waals surface area contributed by atoms with Crippen LogP contribution in [0.15, 0.2) is 48.5 Å². The SMILES string of the molecule is Cc1cccc(OCCN(C)CC(=O)N(C)Cc2ccccc2C)c1. The van der Waals surface area contributed by atoms with Crippen LogP contribution in [0.3, 0.4) is 0 Å². The van der Waals surface area contributed by atoms with Crippen LogP contribution in [0.2, 0.25) is 0 Å². The Hall–Kier alpha value is -2.33. The van der Waals surface area contributed by atoms with E-state index in [1.54, 1.807) is 4.90 Å². The first-order chi connectivity index (χ1) is 12.0. The Kier molecular flexibility index (Phi) is 7.02. The number of ether oxygens (including phenoxy) is 1. The lowest BCUT2D eigenvalue weighted by atomic mass is 10.1. The Labute approximate surface area is 151 Å².